The van der Waals surface area contributed by atoms with Crippen molar-refractivity contribution in [1.82, 2.24) is 0 Å². The summed E-state index contributed by atoms with van der Waals surface area (Å²) in [6, 6.07) is 10.2. The van der Waals surface area contributed by atoms with E-state index in [4.69, 9.17) is 9.47 Å². The third kappa shape index (κ3) is 3.54. The fourth-order valence-electron chi connectivity index (χ4n) is 2.00. The maximum absolute atomic E-state index is 12.4. The second-order valence-corrected chi connectivity index (χ2v) is 5.71. The zero-order valence-electron chi connectivity index (χ0n) is 12.5. The molecule has 2 aromatic rings. The molecule has 0 radical (unpaired) electrons. The van der Waals surface area contributed by atoms with Gasteiger partial charge in [-0.15, -0.1) is 0 Å². The van der Waals surface area contributed by atoms with E-state index in [-0.39, 0.29) is 17.1 Å². The molecule has 22 heavy (non-hydrogen) atoms. The minimum atomic E-state index is -0.578. The summed E-state index contributed by atoms with van der Waals surface area (Å²) in [7, 11) is 1.48. The number of esters is 1. The third-order valence-corrected chi connectivity index (χ3v) is 3.59. The quantitative estimate of drug-likeness (QED) is 0.464. The van der Waals surface area contributed by atoms with Gasteiger partial charge in [-0.25, -0.2) is 4.79 Å². The Bertz CT molecular complexity index is 737. The van der Waals surface area contributed by atoms with Crippen LogP contribution in [0.25, 0.3) is 0 Å². The molecule has 0 unspecified atom stereocenters. The Hall–Kier alpha value is -2.14. The van der Waals surface area contributed by atoms with E-state index < -0.39 is 5.97 Å². The third-order valence-electron chi connectivity index (χ3n) is 3.10. The zero-order valence-corrected chi connectivity index (χ0v) is 14.1. The molecule has 0 atom stereocenters. The van der Waals surface area contributed by atoms with Crippen molar-refractivity contribution in [2.24, 2.45) is 0 Å². The number of aryl methyl sites for hydroxylation is 1. The van der Waals surface area contributed by atoms with E-state index in [0.29, 0.717) is 11.3 Å². The van der Waals surface area contributed by atoms with E-state index in [0.717, 1.165) is 10.0 Å². The van der Waals surface area contributed by atoms with Crippen molar-refractivity contribution in [1.29, 1.82) is 0 Å². The molecule has 0 amide bonds. The monoisotopic (exact) mass is 362 g/mol. The van der Waals surface area contributed by atoms with Gasteiger partial charge in [0.1, 0.15) is 17.1 Å². The largest absolute Gasteiger partial charge is 0.496 e. The predicted molar refractivity (Wildman–Crippen MR) is 86.8 cm³/mol. The van der Waals surface area contributed by atoms with Crippen LogP contribution in [0.2, 0.25) is 0 Å². The lowest BCUT2D eigenvalue weighted by atomic mass is 10.1. The normalized spacial score (nSPS) is 10.2. The molecule has 0 saturated heterocycles. The SMILES string of the molecule is COc1ccc(Br)cc1C(=O)Oc1cc(C)ccc1C(C)=O. The van der Waals surface area contributed by atoms with Crippen LogP contribution in [0, 0.1) is 6.92 Å². The summed E-state index contributed by atoms with van der Waals surface area (Å²) >= 11 is 3.31. The van der Waals surface area contributed by atoms with Gasteiger partial charge in [0.15, 0.2) is 5.78 Å². The number of carbonyl (C=O) groups is 2. The highest BCUT2D eigenvalue weighted by atomic mass is 79.9. The fraction of sp³-hybridized carbons (Fsp3) is 0.176. The average molecular weight is 363 g/mol. The van der Waals surface area contributed by atoms with Crippen molar-refractivity contribution >= 4 is 27.7 Å². The topological polar surface area (TPSA) is 52.6 Å². The van der Waals surface area contributed by atoms with Crippen molar-refractivity contribution in [2.45, 2.75) is 13.8 Å². The highest BCUT2D eigenvalue weighted by Crippen LogP contribution is 2.27. The van der Waals surface area contributed by atoms with Crippen LogP contribution < -0.4 is 9.47 Å². The maximum Gasteiger partial charge on any atom is 0.347 e. The van der Waals surface area contributed by atoms with Gasteiger partial charge in [-0.1, -0.05) is 22.0 Å². The highest BCUT2D eigenvalue weighted by Gasteiger charge is 2.18. The number of hydrogen-bond donors (Lipinski definition) is 0. The molecule has 2 rings (SSSR count). The molecule has 0 aromatic heterocycles. The Balaban J connectivity index is 2.39. The molecule has 0 aliphatic rings. The minimum absolute atomic E-state index is 0.163. The zero-order chi connectivity index (χ0) is 16.3. The molecule has 0 heterocycles. The van der Waals surface area contributed by atoms with Crippen LogP contribution in [0.5, 0.6) is 11.5 Å². The Morgan fingerprint density at radius 3 is 2.36 bits per heavy atom. The number of halogens is 1. The molecule has 0 spiro atoms. The molecule has 5 heteroatoms. The standard InChI is InChI=1S/C17H15BrO4/c1-10-4-6-13(11(2)19)16(8-10)22-17(20)14-9-12(18)5-7-15(14)21-3/h4-9H,1-3H3. The second kappa shape index (κ2) is 6.75. The molecule has 0 aliphatic carbocycles. The van der Waals surface area contributed by atoms with Gasteiger partial charge in [0, 0.05) is 4.47 Å². The van der Waals surface area contributed by atoms with Gasteiger partial charge in [-0.3, -0.25) is 4.79 Å². The lowest BCUT2D eigenvalue weighted by molar-refractivity contribution is 0.0729. The lowest BCUT2D eigenvalue weighted by Gasteiger charge is -2.11. The average Bonchev–Trinajstić information content (AvgIpc) is 2.46. The van der Waals surface area contributed by atoms with Crippen LogP contribution in [0.15, 0.2) is 40.9 Å². The van der Waals surface area contributed by atoms with Crippen molar-refractivity contribution in [3.63, 3.8) is 0 Å². The fourth-order valence-corrected chi connectivity index (χ4v) is 2.36. The van der Waals surface area contributed by atoms with Crippen LogP contribution in [0.1, 0.15) is 33.2 Å². The maximum atomic E-state index is 12.4. The molecule has 0 N–H and O–H groups in total. The first-order valence-electron chi connectivity index (χ1n) is 6.59. The molecule has 2 aromatic carbocycles. The molecular weight excluding hydrogens is 348 g/mol. The number of benzene rings is 2. The number of Topliss-reactive ketones (excluding diaryl/α,β-unsaturated/α-hetero) is 1. The van der Waals surface area contributed by atoms with Crippen molar-refractivity contribution < 1.29 is 19.1 Å². The smallest absolute Gasteiger partial charge is 0.347 e. The van der Waals surface area contributed by atoms with Crippen LogP contribution in [0.3, 0.4) is 0 Å². The van der Waals surface area contributed by atoms with Crippen molar-refractivity contribution in [3.05, 3.63) is 57.6 Å². The van der Waals surface area contributed by atoms with Gasteiger partial charge >= 0.3 is 5.97 Å². The first-order valence-corrected chi connectivity index (χ1v) is 7.39. The summed E-state index contributed by atoms with van der Waals surface area (Å²) in [6.07, 6.45) is 0. The van der Waals surface area contributed by atoms with E-state index >= 15 is 0 Å². The first kappa shape index (κ1) is 16.2. The number of rotatable bonds is 4. The summed E-state index contributed by atoms with van der Waals surface area (Å²) in [5.41, 5.74) is 1.55. The minimum Gasteiger partial charge on any atom is -0.496 e. The van der Waals surface area contributed by atoms with E-state index in [1.165, 1.54) is 14.0 Å². The van der Waals surface area contributed by atoms with Gasteiger partial charge in [-0.2, -0.15) is 0 Å². The van der Waals surface area contributed by atoms with E-state index in [1.807, 2.05) is 6.92 Å². The number of methoxy groups -OCH3 is 1. The Morgan fingerprint density at radius 1 is 1.00 bits per heavy atom. The van der Waals surface area contributed by atoms with Crippen molar-refractivity contribution in [2.75, 3.05) is 7.11 Å². The van der Waals surface area contributed by atoms with Crippen LogP contribution in [-0.4, -0.2) is 18.9 Å². The van der Waals surface area contributed by atoms with Crippen LogP contribution in [0.4, 0.5) is 0 Å². The van der Waals surface area contributed by atoms with Gasteiger partial charge < -0.3 is 9.47 Å². The first-order chi connectivity index (χ1) is 10.4. The number of carbonyl (C=O) groups excluding carboxylic acids is 2. The van der Waals surface area contributed by atoms with Crippen LogP contribution >= 0.6 is 15.9 Å². The predicted octanol–water partition coefficient (Wildman–Crippen LogP) is 4.19. The Labute approximate surface area is 137 Å². The summed E-state index contributed by atoms with van der Waals surface area (Å²) in [5.74, 6) is -0.0833. The van der Waals surface area contributed by atoms with E-state index in [2.05, 4.69) is 15.9 Å². The molecular formula is C17H15BrO4. The second-order valence-electron chi connectivity index (χ2n) is 4.79. The molecule has 4 nitrogen and oxygen atoms in total. The van der Waals surface area contributed by atoms with Crippen molar-refractivity contribution in [3.8, 4) is 11.5 Å². The molecule has 114 valence electrons. The highest BCUT2D eigenvalue weighted by molar-refractivity contribution is 9.10. The molecule has 0 aliphatic heterocycles. The van der Waals surface area contributed by atoms with E-state index in [9.17, 15) is 9.59 Å². The van der Waals surface area contributed by atoms with Gasteiger partial charge in [0.05, 0.1) is 12.7 Å². The Kier molecular flexibility index (Phi) is 4.98. The van der Waals surface area contributed by atoms with Gasteiger partial charge in [0.2, 0.25) is 0 Å². The number of ketones is 1. The summed E-state index contributed by atoms with van der Waals surface area (Å²) in [6.45, 7) is 3.29. The Morgan fingerprint density at radius 2 is 1.73 bits per heavy atom. The lowest BCUT2D eigenvalue weighted by Crippen LogP contribution is -2.12. The van der Waals surface area contributed by atoms with E-state index in [1.54, 1.807) is 36.4 Å². The number of hydrogen-bond acceptors (Lipinski definition) is 4. The molecule has 0 bridgehead atoms. The van der Waals surface area contributed by atoms with Gasteiger partial charge in [-0.05, 0) is 49.7 Å². The number of ether oxygens (including phenoxy) is 2. The van der Waals surface area contributed by atoms with Crippen LogP contribution in [-0.2, 0) is 0 Å². The molecule has 0 fully saturated rings. The summed E-state index contributed by atoms with van der Waals surface area (Å²) < 4.78 is 11.3. The summed E-state index contributed by atoms with van der Waals surface area (Å²) in [5, 5.41) is 0. The van der Waals surface area contributed by atoms with Gasteiger partial charge in [0.25, 0.3) is 0 Å². The molecule has 0 saturated carbocycles. The summed E-state index contributed by atoms with van der Waals surface area (Å²) in [4.78, 5) is 24.0.